The topological polar surface area (TPSA) is 137 Å². The van der Waals surface area contributed by atoms with Crippen molar-refractivity contribution in [2.75, 3.05) is 13.2 Å². The molecule has 0 bridgehead atoms. The second-order valence-corrected chi connectivity index (χ2v) is 28.0. The van der Waals surface area contributed by atoms with E-state index >= 15 is 9.59 Å². The smallest absolute Gasteiger partial charge is 0.203 e. The predicted molar refractivity (Wildman–Crippen MR) is 255 cm³/mol. The van der Waals surface area contributed by atoms with Crippen molar-refractivity contribution in [3.8, 4) is 0 Å². The Morgan fingerprint density at radius 2 is 0.882 bits per heavy atom. The number of Topliss-reactive ketones (excluding diaryl/α,β-unsaturated/α-hetero) is 2. The third-order valence-electron chi connectivity index (χ3n) is 25.4. The summed E-state index contributed by atoms with van der Waals surface area (Å²) in [5, 5.41) is 25.2. The first-order valence-corrected chi connectivity index (χ1v) is 27.3. The van der Waals surface area contributed by atoms with Crippen LogP contribution in [0.15, 0.2) is 22.7 Å². The molecule has 68 heavy (non-hydrogen) atoms. The van der Waals surface area contributed by atoms with Crippen LogP contribution in [-0.2, 0) is 54.2 Å². The van der Waals surface area contributed by atoms with E-state index in [4.69, 9.17) is 28.9 Å². The number of hydrogen-bond donors (Lipinski definition) is 2. The lowest BCUT2D eigenvalue weighted by molar-refractivity contribution is -0.274. The molecule has 4 aliphatic heterocycles. The van der Waals surface area contributed by atoms with Crippen molar-refractivity contribution in [1.29, 1.82) is 0 Å². The largest absolute Gasteiger partial charge is 0.504 e. The molecule has 4 saturated carbocycles. The first kappa shape index (κ1) is 45.2. The van der Waals surface area contributed by atoms with Crippen LogP contribution in [0.3, 0.4) is 0 Å². The average Bonchev–Trinajstić information content (AvgIpc) is 3.88. The molecule has 5 heterocycles. The number of aromatic nitrogens is 2. The van der Waals surface area contributed by atoms with Crippen molar-refractivity contribution in [2.24, 2.45) is 90.7 Å². The van der Waals surface area contributed by atoms with Crippen LogP contribution in [0.5, 0.6) is 0 Å². The molecule has 1 aromatic rings. The number of nitrogens with zero attached hydrogens (tertiary/aromatic N) is 2. The number of ketones is 2. The minimum atomic E-state index is -0.765. The van der Waals surface area contributed by atoms with E-state index in [-0.39, 0.29) is 92.5 Å². The van der Waals surface area contributed by atoms with Gasteiger partial charge >= 0.3 is 0 Å². The predicted octanol–water partition coefficient (Wildman–Crippen LogP) is 10.7. The van der Waals surface area contributed by atoms with Gasteiger partial charge in [-0.25, -0.2) is 0 Å². The van der Waals surface area contributed by atoms with Gasteiger partial charge in [0.25, 0.3) is 0 Å². The molecule has 20 atom stereocenters. The van der Waals surface area contributed by atoms with Crippen molar-refractivity contribution in [3.05, 3.63) is 45.4 Å². The van der Waals surface area contributed by atoms with Crippen LogP contribution in [0.1, 0.15) is 170 Å². The van der Waals surface area contributed by atoms with Crippen LogP contribution >= 0.6 is 0 Å². The third kappa shape index (κ3) is 4.85. The van der Waals surface area contributed by atoms with Crippen molar-refractivity contribution in [1.82, 2.24) is 9.97 Å². The van der Waals surface area contributed by atoms with Crippen LogP contribution in [0, 0.1) is 90.7 Å². The lowest BCUT2D eigenvalue weighted by Crippen LogP contribution is -2.62. The monoisotopic (exact) mass is 933 g/mol. The van der Waals surface area contributed by atoms with Gasteiger partial charge < -0.3 is 29.2 Å². The summed E-state index contributed by atoms with van der Waals surface area (Å²) in [5.74, 6) is -0.325. The fraction of sp³-hybridized carbons (Fsp3) is 0.828. The molecule has 0 amide bonds. The number of allylic oxidation sites excluding steroid dienone is 4. The highest BCUT2D eigenvalue weighted by molar-refractivity contribution is 6.02. The average molecular weight is 933 g/mol. The number of ether oxygens (including phenoxy) is 4. The molecular weight excluding hydrogens is 853 g/mol. The van der Waals surface area contributed by atoms with Gasteiger partial charge in [-0.1, -0.05) is 83.1 Å². The zero-order valence-corrected chi connectivity index (χ0v) is 43.3. The summed E-state index contributed by atoms with van der Waals surface area (Å²) in [6.45, 7) is 28.7. The highest BCUT2D eigenvalue weighted by Gasteiger charge is 2.79. The molecular formula is C58H80N2O8. The van der Waals surface area contributed by atoms with Gasteiger partial charge in [-0.2, -0.15) is 0 Å². The van der Waals surface area contributed by atoms with Gasteiger partial charge in [-0.3, -0.25) is 19.6 Å². The number of carbonyl (C=O) groups is 2. The van der Waals surface area contributed by atoms with Gasteiger partial charge in [0.2, 0.25) is 11.6 Å². The van der Waals surface area contributed by atoms with Crippen molar-refractivity contribution in [2.45, 2.75) is 197 Å². The van der Waals surface area contributed by atoms with Gasteiger partial charge in [-0.15, -0.1) is 0 Å². The van der Waals surface area contributed by atoms with E-state index in [2.05, 4.69) is 83.1 Å². The van der Waals surface area contributed by atoms with Crippen LogP contribution < -0.4 is 0 Å². The third-order valence-corrected chi connectivity index (χ3v) is 25.4. The van der Waals surface area contributed by atoms with Crippen molar-refractivity contribution < 1.29 is 38.7 Å². The van der Waals surface area contributed by atoms with Gasteiger partial charge in [0.05, 0.1) is 48.2 Å². The van der Waals surface area contributed by atoms with E-state index in [1.165, 1.54) is 0 Å². The fourth-order valence-electron chi connectivity index (χ4n) is 20.5. The van der Waals surface area contributed by atoms with E-state index in [1.807, 2.05) is 0 Å². The summed E-state index contributed by atoms with van der Waals surface area (Å²) in [5.41, 5.74) is 2.24. The number of carbonyl (C=O) groups excluding carboxylic acids is 2. The lowest BCUT2D eigenvalue weighted by Gasteiger charge is -2.64. The zero-order chi connectivity index (χ0) is 48.1. The molecule has 8 aliphatic carbocycles. The Balaban J connectivity index is 0.833. The van der Waals surface area contributed by atoms with E-state index in [0.29, 0.717) is 37.9 Å². The molecule has 0 radical (unpaired) electrons. The normalized spacial score (nSPS) is 56.3. The molecule has 12 aliphatic rings. The Morgan fingerprint density at radius 1 is 0.515 bits per heavy atom. The molecule has 8 fully saturated rings. The number of hydrogen-bond acceptors (Lipinski definition) is 10. The molecule has 2 N–H and O–H groups in total. The summed E-state index contributed by atoms with van der Waals surface area (Å²) in [6, 6.07) is 0. The van der Waals surface area contributed by atoms with Crippen LogP contribution in [0.2, 0.25) is 0 Å². The molecule has 370 valence electrons. The summed E-state index contributed by atoms with van der Waals surface area (Å²) < 4.78 is 27.2. The summed E-state index contributed by atoms with van der Waals surface area (Å²) in [6.07, 6.45) is 11.7. The van der Waals surface area contributed by atoms with E-state index in [0.717, 1.165) is 111 Å². The molecule has 1 aromatic heterocycles. The maximum Gasteiger partial charge on any atom is 0.203 e. The highest BCUT2D eigenvalue weighted by atomic mass is 16.7. The van der Waals surface area contributed by atoms with Gasteiger partial charge in [0, 0.05) is 71.0 Å². The summed E-state index contributed by atoms with van der Waals surface area (Å²) in [4.78, 5) is 41.8. The molecule has 10 nitrogen and oxygen atoms in total. The van der Waals surface area contributed by atoms with Crippen molar-refractivity contribution in [3.63, 3.8) is 0 Å². The minimum absolute atomic E-state index is 0.00747. The summed E-state index contributed by atoms with van der Waals surface area (Å²) in [7, 11) is 0. The van der Waals surface area contributed by atoms with Crippen LogP contribution in [0.25, 0.3) is 0 Å². The second kappa shape index (κ2) is 13.3. The lowest BCUT2D eigenvalue weighted by atomic mass is 9.39. The fourth-order valence-corrected chi connectivity index (χ4v) is 20.5. The van der Waals surface area contributed by atoms with Gasteiger partial charge in [0.15, 0.2) is 23.1 Å². The van der Waals surface area contributed by atoms with Gasteiger partial charge in [0.1, 0.15) is 0 Å². The maximum absolute atomic E-state index is 15.3. The first-order valence-electron chi connectivity index (χ1n) is 27.3. The van der Waals surface area contributed by atoms with Crippen molar-refractivity contribution >= 4 is 11.6 Å². The highest BCUT2D eigenvalue weighted by Crippen LogP contribution is 2.78. The van der Waals surface area contributed by atoms with Gasteiger partial charge in [-0.05, 0) is 121 Å². The summed E-state index contributed by atoms with van der Waals surface area (Å²) >= 11 is 0. The SMILES string of the molecule is C[C@H]1CC[C@@]2(OC1)O[C@H]1C[C@@]3(C)C4CC[C@@]5(C)Cc6nc7c(nc6C[C@]5(C)C4=C(O)C(=O)[C@]3(C)[C@H]1[C@@H]2C)C[C@]1(C)CCC2C(=C(O)C(=O)[C@]3(C)[C@@H]4[C@H](C[C@@]23C)O[C@]2(CC[C@H](C)CO2)[C@H]4C)[C@@]1(C)C7. The van der Waals surface area contributed by atoms with E-state index < -0.39 is 33.2 Å². The number of fused-ring (bicyclic) bond motifs is 16. The second-order valence-electron chi connectivity index (χ2n) is 28.0. The van der Waals surface area contributed by atoms with E-state index in [9.17, 15) is 10.2 Å². The molecule has 4 saturated heterocycles. The standard InChI is InChI=1S/C58H80N2O8/c1-29-13-19-57(65-27-29)31(3)41-39(67-57)25-51(7)33-15-17-49(5)21-35-37(23-53(49,9)43(33)45(61)47(63)55(41,51)11)59-36-22-50(6)18-16-34-44(54(50,10)24-38(36)60-35)46(62)48(64)56(12)42-32(4)58(20-14-30(2)28-66-58)68-40(42)26-52(34,56)8/h29-34,39-42,61-62H,13-28H2,1-12H3/t29-,30-,31-,32-,33?,34?,39-,40-,41-,42-,49-,50-,51-,52-,53+,54+,55-,56-,57+,58+/m0/s1. The number of aliphatic hydroxyl groups excluding tert-OH is 2. The minimum Gasteiger partial charge on any atom is -0.504 e. The van der Waals surface area contributed by atoms with E-state index in [1.54, 1.807) is 0 Å². The maximum atomic E-state index is 15.3. The Kier molecular flexibility index (Phi) is 8.84. The molecule has 2 spiro atoms. The quantitative estimate of drug-likeness (QED) is 0.259. The Morgan fingerprint density at radius 3 is 1.24 bits per heavy atom. The first-order chi connectivity index (χ1) is 31.8. The van der Waals surface area contributed by atoms with Crippen LogP contribution in [0.4, 0.5) is 0 Å². The Labute approximate surface area is 404 Å². The Hall–Kier alpha value is -2.66. The van der Waals surface area contributed by atoms with Crippen LogP contribution in [-0.4, -0.2) is 68.7 Å². The number of rotatable bonds is 0. The zero-order valence-electron chi connectivity index (χ0n) is 43.3. The molecule has 0 aromatic carbocycles. The Bertz CT molecular complexity index is 2360. The molecule has 10 heteroatoms. The molecule has 2 unspecified atom stereocenters. The molecule has 13 rings (SSSR count). The number of aliphatic hydroxyl groups is 2.